The Morgan fingerprint density at radius 2 is 1.87 bits per heavy atom. The first-order valence-electron chi connectivity index (χ1n) is 8.84. The molecule has 0 fully saturated rings. The van der Waals surface area contributed by atoms with Gasteiger partial charge in [-0.15, -0.1) is 11.3 Å². The van der Waals surface area contributed by atoms with E-state index in [4.69, 9.17) is 9.47 Å². The van der Waals surface area contributed by atoms with E-state index in [-0.39, 0.29) is 17.4 Å². The Bertz CT molecular complexity index is 1110. The first-order valence-corrected chi connectivity index (χ1v) is 11.2. The number of nitrogens with one attached hydrogen (secondary N) is 1. The van der Waals surface area contributed by atoms with Crippen molar-refractivity contribution in [3.8, 4) is 11.5 Å². The monoisotopic (exact) mass is 447 g/mol. The van der Waals surface area contributed by atoms with Crippen LogP contribution >= 0.6 is 11.3 Å². The Hall–Kier alpha value is -2.95. The summed E-state index contributed by atoms with van der Waals surface area (Å²) in [5, 5.41) is 5.00. The molecule has 1 amide bonds. The van der Waals surface area contributed by atoms with Crippen LogP contribution in [-0.2, 0) is 16.6 Å². The summed E-state index contributed by atoms with van der Waals surface area (Å²) in [5.74, 6) is 0.578. The highest BCUT2D eigenvalue weighted by molar-refractivity contribution is 7.89. The van der Waals surface area contributed by atoms with Gasteiger partial charge < -0.3 is 9.47 Å². The number of aromatic nitrogens is 1. The van der Waals surface area contributed by atoms with Gasteiger partial charge in [-0.25, -0.2) is 17.7 Å². The Morgan fingerprint density at radius 3 is 2.47 bits per heavy atom. The Labute approximate surface area is 179 Å². The predicted octanol–water partition coefficient (Wildman–Crippen LogP) is 3.23. The summed E-state index contributed by atoms with van der Waals surface area (Å²) in [4.78, 5) is 16.6. The molecule has 3 rings (SSSR count). The van der Waals surface area contributed by atoms with Crippen LogP contribution in [0.5, 0.6) is 11.5 Å². The molecule has 0 bridgehead atoms. The minimum atomic E-state index is -3.47. The number of carbonyl (C=O) groups is 1. The molecule has 30 heavy (non-hydrogen) atoms. The van der Waals surface area contributed by atoms with Crippen molar-refractivity contribution in [2.45, 2.75) is 11.5 Å². The van der Waals surface area contributed by atoms with Gasteiger partial charge in [0.25, 0.3) is 5.91 Å². The highest BCUT2D eigenvalue weighted by Gasteiger charge is 2.17. The average Bonchev–Trinajstić information content (AvgIpc) is 3.25. The summed E-state index contributed by atoms with van der Waals surface area (Å²) in [6, 6.07) is 11.3. The van der Waals surface area contributed by atoms with E-state index in [1.807, 2.05) is 0 Å². The largest absolute Gasteiger partial charge is 0.493 e. The molecule has 0 atom stereocenters. The number of carbonyl (C=O) groups excluding carboxylic acids is 1. The topological polar surface area (TPSA) is 97.8 Å². The summed E-state index contributed by atoms with van der Waals surface area (Å²) in [5.41, 5.74) is 1.20. The quantitative estimate of drug-likeness (QED) is 0.569. The first kappa shape index (κ1) is 21.8. The summed E-state index contributed by atoms with van der Waals surface area (Å²) in [7, 11) is 0.991. The molecule has 1 heterocycles. The highest BCUT2D eigenvalue weighted by atomic mass is 32.2. The van der Waals surface area contributed by atoms with E-state index < -0.39 is 10.0 Å². The second kappa shape index (κ2) is 9.24. The lowest BCUT2D eigenvalue weighted by atomic mass is 10.2. The van der Waals surface area contributed by atoms with Gasteiger partial charge in [0.2, 0.25) is 10.0 Å². The summed E-state index contributed by atoms with van der Waals surface area (Å²) < 4.78 is 36.6. The number of sulfonamides is 1. The van der Waals surface area contributed by atoms with Gasteiger partial charge in [0, 0.05) is 31.2 Å². The fourth-order valence-electron chi connectivity index (χ4n) is 2.51. The molecule has 0 radical (unpaired) electrons. The van der Waals surface area contributed by atoms with Gasteiger partial charge in [0.1, 0.15) is 6.61 Å². The fourth-order valence-corrected chi connectivity index (χ4v) is 3.94. The maximum Gasteiger partial charge on any atom is 0.257 e. The van der Waals surface area contributed by atoms with Crippen molar-refractivity contribution in [3.63, 3.8) is 0 Å². The number of ether oxygens (including phenoxy) is 2. The summed E-state index contributed by atoms with van der Waals surface area (Å²) in [6.07, 6.45) is 1.61. The third-order valence-electron chi connectivity index (χ3n) is 4.17. The van der Waals surface area contributed by atoms with Crippen LogP contribution in [0.2, 0.25) is 0 Å². The summed E-state index contributed by atoms with van der Waals surface area (Å²) >= 11 is 1.33. The molecule has 0 aliphatic carbocycles. The number of hydrogen-bond acceptors (Lipinski definition) is 7. The smallest absolute Gasteiger partial charge is 0.257 e. The minimum Gasteiger partial charge on any atom is -0.493 e. The van der Waals surface area contributed by atoms with Crippen LogP contribution in [0.25, 0.3) is 0 Å². The van der Waals surface area contributed by atoms with E-state index in [0.717, 1.165) is 9.87 Å². The van der Waals surface area contributed by atoms with Crippen molar-refractivity contribution in [2.24, 2.45) is 0 Å². The second-order valence-corrected chi connectivity index (χ2v) is 9.42. The van der Waals surface area contributed by atoms with Crippen LogP contribution in [0.15, 0.2) is 58.9 Å². The van der Waals surface area contributed by atoms with Gasteiger partial charge in [0.05, 0.1) is 12.0 Å². The Kier molecular flexibility index (Phi) is 6.70. The van der Waals surface area contributed by atoms with Crippen molar-refractivity contribution < 1.29 is 22.7 Å². The molecule has 3 aromatic rings. The van der Waals surface area contributed by atoms with E-state index in [1.54, 1.807) is 41.9 Å². The molecule has 1 aromatic heterocycles. The SMILES string of the molecule is COc1cc(C(=O)Nc2nccs2)ccc1OCc1ccc(S(=O)(=O)N(C)C)cc1. The zero-order valence-electron chi connectivity index (χ0n) is 16.7. The number of benzene rings is 2. The lowest BCUT2D eigenvalue weighted by molar-refractivity contribution is 0.102. The fraction of sp³-hybridized carbons (Fsp3) is 0.200. The number of rotatable bonds is 8. The molecular formula is C20H21N3O5S2. The molecule has 2 aromatic carbocycles. The molecule has 0 aliphatic heterocycles. The molecule has 0 aliphatic rings. The number of methoxy groups -OCH3 is 1. The third-order valence-corrected chi connectivity index (χ3v) is 6.69. The minimum absolute atomic E-state index is 0.212. The first-order chi connectivity index (χ1) is 14.3. The van der Waals surface area contributed by atoms with E-state index in [2.05, 4.69) is 10.3 Å². The molecular weight excluding hydrogens is 426 g/mol. The maximum absolute atomic E-state index is 12.3. The van der Waals surface area contributed by atoms with E-state index in [9.17, 15) is 13.2 Å². The van der Waals surface area contributed by atoms with Crippen LogP contribution in [0.3, 0.4) is 0 Å². The van der Waals surface area contributed by atoms with Crippen LogP contribution < -0.4 is 14.8 Å². The van der Waals surface area contributed by atoms with Crippen LogP contribution in [0, 0.1) is 0 Å². The molecule has 10 heteroatoms. The predicted molar refractivity (Wildman–Crippen MR) is 115 cm³/mol. The normalized spacial score (nSPS) is 11.3. The molecule has 0 unspecified atom stereocenters. The number of thiazole rings is 1. The van der Waals surface area contributed by atoms with Crippen LogP contribution in [0.1, 0.15) is 15.9 Å². The van der Waals surface area contributed by atoms with Gasteiger partial charge in [-0.2, -0.15) is 0 Å². The third kappa shape index (κ3) is 4.96. The zero-order chi connectivity index (χ0) is 21.7. The number of hydrogen-bond donors (Lipinski definition) is 1. The van der Waals surface area contributed by atoms with Gasteiger partial charge in [-0.3, -0.25) is 10.1 Å². The standard InChI is InChI=1S/C20H21N3O5S2/c1-23(2)30(25,26)16-7-4-14(5-8-16)13-28-17-9-6-15(12-18(17)27-3)19(24)22-20-21-10-11-29-20/h4-12H,13H2,1-3H3,(H,21,22,24). The van der Waals surface area contributed by atoms with E-state index in [0.29, 0.717) is 22.2 Å². The van der Waals surface area contributed by atoms with E-state index >= 15 is 0 Å². The molecule has 0 saturated carbocycles. The number of nitrogens with zero attached hydrogens (tertiary/aromatic N) is 2. The van der Waals surface area contributed by atoms with Crippen molar-refractivity contribution >= 4 is 32.4 Å². The molecule has 1 N–H and O–H groups in total. The Morgan fingerprint density at radius 1 is 1.13 bits per heavy atom. The number of amides is 1. The Balaban J connectivity index is 1.69. The van der Waals surface area contributed by atoms with Gasteiger partial charge >= 0.3 is 0 Å². The van der Waals surface area contributed by atoms with Gasteiger partial charge in [-0.1, -0.05) is 12.1 Å². The molecule has 8 nitrogen and oxygen atoms in total. The molecule has 158 valence electrons. The average molecular weight is 448 g/mol. The molecule has 0 saturated heterocycles. The zero-order valence-corrected chi connectivity index (χ0v) is 18.3. The lowest BCUT2D eigenvalue weighted by Crippen LogP contribution is -2.22. The second-order valence-electron chi connectivity index (χ2n) is 6.38. The van der Waals surface area contributed by atoms with Crippen LogP contribution in [0.4, 0.5) is 5.13 Å². The highest BCUT2D eigenvalue weighted by Crippen LogP contribution is 2.29. The van der Waals surface area contributed by atoms with Crippen molar-refractivity contribution in [3.05, 3.63) is 65.2 Å². The summed E-state index contributed by atoms with van der Waals surface area (Å²) in [6.45, 7) is 0.212. The van der Waals surface area contributed by atoms with Gasteiger partial charge in [0.15, 0.2) is 16.6 Å². The maximum atomic E-state index is 12.3. The lowest BCUT2D eigenvalue weighted by Gasteiger charge is -2.13. The van der Waals surface area contributed by atoms with E-state index in [1.165, 1.54) is 44.7 Å². The molecule has 0 spiro atoms. The number of anilines is 1. The van der Waals surface area contributed by atoms with Crippen molar-refractivity contribution in [2.75, 3.05) is 26.5 Å². The van der Waals surface area contributed by atoms with Crippen molar-refractivity contribution in [1.29, 1.82) is 0 Å². The van der Waals surface area contributed by atoms with Crippen molar-refractivity contribution in [1.82, 2.24) is 9.29 Å². The van der Waals surface area contributed by atoms with Crippen LogP contribution in [-0.4, -0.2) is 44.8 Å². The van der Waals surface area contributed by atoms with Gasteiger partial charge in [-0.05, 0) is 35.9 Å².